The molecular formula is C15H23ClN2O2. The lowest BCUT2D eigenvalue weighted by atomic mass is 10.0. The van der Waals surface area contributed by atoms with Crippen LogP contribution < -0.4 is 15.8 Å². The number of hydrogen-bond acceptors (Lipinski definition) is 3. The van der Waals surface area contributed by atoms with Crippen molar-refractivity contribution in [2.45, 2.75) is 39.2 Å². The minimum Gasteiger partial charge on any atom is -0.482 e. The normalized spacial score (nSPS) is 12.0. The van der Waals surface area contributed by atoms with Gasteiger partial charge in [0.25, 0.3) is 5.91 Å². The fraction of sp³-hybridized carbons (Fsp3) is 0.533. The third-order valence-electron chi connectivity index (χ3n) is 2.97. The second kappa shape index (κ2) is 8.82. The van der Waals surface area contributed by atoms with Crippen LogP contribution in [0.4, 0.5) is 0 Å². The van der Waals surface area contributed by atoms with E-state index in [2.05, 4.69) is 5.32 Å². The van der Waals surface area contributed by atoms with Gasteiger partial charge in [0.2, 0.25) is 0 Å². The van der Waals surface area contributed by atoms with Crippen molar-refractivity contribution in [3.63, 3.8) is 0 Å². The fourth-order valence-corrected chi connectivity index (χ4v) is 2.00. The Kier molecular flexibility index (Phi) is 7.41. The van der Waals surface area contributed by atoms with Crippen molar-refractivity contribution in [3.8, 4) is 5.75 Å². The number of rotatable bonds is 8. The standard InChI is InChI=1S/C15H23ClN2O2/c1-3-8-18-14(19)10-20-15-11(9-12(17)4-2)6-5-7-13(15)16/h5-7,12H,3-4,8-10,17H2,1-2H3,(H,18,19). The average molecular weight is 299 g/mol. The summed E-state index contributed by atoms with van der Waals surface area (Å²) in [5, 5.41) is 3.27. The summed E-state index contributed by atoms with van der Waals surface area (Å²) in [6.07, 6.45) is 2.46. The number of carbonyl (C=O) groups is 1. The van der Waals surface area contributed by atoms with Crippen molar-refractivity contribution >= 4 is 17.5 Å². The first kappa shape index (κ1) is 16.8. The molecule has 0 aliphatic rings. The molecule has 4 nitrogen and oxygen atoms in total. The van der Waals surface area contributed by atoms with Crippen LogP contribution in [0.2, 0.25) is 5.02 Å². The lowest BCUT2D eigenvalue weighted by Crippen LogP contribution is -2.29. The van der Waals surface area contributed by atoms with E-state index in [-0.39, 0.29) is 18.6 Å². The van der Waals surface area contributed by atoms with Crippen molar-refractivity contribution < 1.29 is 9.53 Å². The lowest BCUT2D eigenvalue weighted by Gasteiger charge is -2.15. The number of hydrogen-bond donors (Lipinski definition) is 2. The molecule has 1 atom stereocenters. The molecule has 0 aliphatic heterocycles. The molecular weight excluding hydrogens is 276 g/mol. The molecule has 3 N–H and O–H groups in total. The van der Waals surface area contributed by atoms with Gasteiger partial charge >= 0.3 is 0 Å². The third-order valence-corrected chi connectivity index (χ3v) is 3.27. The largest absolute Gasteiger partial charge is 0.482 e. The molecule has 0 radical (unpaired) electrons. The van der Waals surface area contributed by atoms with Crippen molar-refractivity contribution in [3.05, 3.63) is 28.8 Å². The van der Waals surface area contributed by atoms with Gasteiger partial charge in [0.15, 0.2) is 6.61 Å². The predicted octanol–water partition coefficient (Wildman–Crippen LogP) is 2.52. The number of halogens is 1. The molecule has 0 bridgehead atoms. The molecule has 20 heavy (non-hydrogen) atoms. The predicted molar refractivity (Wildman–Crippen MR) is 82.2 cm³/mol. The van der Waals surface area contributed by atoms with E-state index in [0.717, 1.165) is 18.4 Å². The number of benzene rings is 1. The lowest BCUT2D eigenvalue weighted by molar-refractivity contribution is -0.123. The van der Waals surface area contributed by atoms with Crippen molar-refractivity contribution in [1.29, 1.82) is 0 Å². The first-order valence-electron chi connectivity index (χ1n) is 7.00. The Balaban J connectivity index is 2.70. The highest BCUT2D eigenvalue weighted by Gasteiger charge is 2.12. The summed E-state index contributed by atoms with van der Waals surface area (Å²) in [5.74, 6) is 0.419. The Hall–Kier alpha value is -1.26. The summed E-state index contributed by atoms with van der Waals surface area (Å²) in [6.45, 7) is 4.66. The number of carbonyl (C=O) groups excluding carboxylic acids is 1. The Morgan fingerprint density at radius 3 is 2.85 bits per heavy atom. The molecule has 1 amide bonds. The van der Waals surface area contributed by atoms with Crippen molar-refractivity contribution in [2.24, 2.45) is 5.73 Å². The van der Waals surface area contributed by atoms with Crippen molar-refractivity contribution in [1.82, 2.24) is 5.32 Å². The zero-order valence-electron chi connectivity index (χ0n) is 12.1. The van der Waals surface area contributed by atoms with E-state index < -0.39 is 0 Å². The molecule has 0 heterocycles. The Bertz CT molecular complexity index is 438. The first-order chi connectivity index (χ1) is 9.58. The van der Waals surface area contributed by atoms with E-state index in [1.165, 1.54) is 0 Å². The summed E-state index contributed by atoms with van der Waals surface area (Å²) in [5.41, 5.74) is 6.91. The number of para-hydroxylation sites is 1. The molecule has 0 aromatic heterocycles. The average Bonchev–Trinajstić information content (AvgIpc) is 2.44. The highest BCUT2D eigenvalue weighted by molar-refractivity contribution is 6.32. The van der Waals surface area contributed by atoms with Crippen LogP contribution in [0, 0.1) is 0 Å². The molecule has 1 aromatic carbocycles. The zero-order valence-corrected chi connectivity index (χ0v) is 12.9. The Morgan fingerprint density at radius 1 is 1.45 bits per heavy atom. The van der Waals surface area contributed by atoms with E-state index in [1.807, 2.05) is 26.0 Å². The van der Waals surface area contributed by atoms with Gasteiger partial charge in [0.05, 0.1) is 5.02 Å². The topological polar surface area (TPSA) is 64.3 Å². The van der Waals surface area contributed by atoms with Gasteiger partial charge < -0.3 is 15.8 Å². The van der Waals surface area contributed by atoms with Gasteiger partial charge in [-0.2, -0.15) is 0 Å². The van der Waals surface area contributed by atoms with Gasteiger partial charge in [0, 0.05) is 12.6 Å². The van der Waals surface area contributed by atoms with Gasteiger partial charge in [-0.15, -0.1) is 0 Å². The van der Waals surface area contributed by atoms with E-state index in [4.69, 9.17) is 22.1 Å². The second-order valence-corrected chi connectivity index (χ2v) is 5.15. The Morgan fingerprint density at radius 2 is 2.20 bits per heavy atom. The van der Waals surface area contributed by atoms with Gasteiger partial charge in [-0.25, -0.2) is 0 Å². The molecule has 0 fully saturated rings. The van der Waals surface area contributed by atoms with Crippen molar-refractivity contribution in [2.75, 3.05) is 13.2 Å². The highest BCUT2D eigenvalue weighted by Crippen LogP contribution is 2.29. The zero-order chi connectivity index (χ0) is 15.0. The maximum absolute atomic E-state index is 11.6. The van der Waals surface area contributed by atoms with E-state index >= 15 is 0 Å². The van der Waals surface area contributed by atoms with Crippen LogP contribution in [0.5, 0.6) is 5.75 Å². The molecule has 0 saturated heterocycles. The molecule has 1 unspecified atom stereocenters. The summed E-state index contributed by atoms with van der Waals surface area (Å²) in [6, 6.07) is 5.61. The smallest absolute Gasteiger partial charge is 0.257 e. The monoisotopic (exact) mass is 298 g/mol. The highest BCUT2D eigenvalue weighted by atomic mass is 35.5. The van der Waals surface area contributed by atoms with Gasteiger partial charge in [-0.1, -0.05) is 37.6 Å². The van der Waals surface area contributed by atoms with E-state index in [1.54, 1.807) is 6.07 Å². The van der Waals surface area contributed by atoms with Crippen LogP contribution >= 0.6 is 11.6 Å². The summed E-state index contributed by atoms with van der Waals surface area (Å²) in [7, 11) is 0. The summed E-state index contributed by atoms with van der Waals surface area (Å²) >= 11 is 6.15. The molecule has 112 valence electrons. The maximum atomic E-state index is 11.6. The number of nitrogens with one attached hydrogen (secondary N) is 1. The minimum atomic E-state index is -0.141. The Labute approximate surface area is 125 Å². The minimum absolute atomic E-state index is 0.0297. The van der Waals surface area contributed by atoms with E-state index in [9.17, 15) is 4.79 Å². The number of nitrogens with two attached hydrogens (primary N) is 1. The van der Waals surface area contributed by atoms with Gasteiger partial charge in [0.1, 0.15) is 5.75 Å². The first-order valence-corrected chi connectivity index (χ1v) is 7.38. The molecule has 0 spiro atoms. The van der Waals surface area contributed by atoms with Gasteiger partial charge in [-0.05, 0) is 30.9 Å². The van der Waals surface area contributed by atoms with Crippen LogP contribution in [-0.2, 0) is 11.2 Å². The van der Waals surface area contributed by atoms with Crippen LogP contribution in [-0.4, -0.2) is 25.1 Å². The molecule has 1 aromatic rings. The van der Waals surface area contributed by atoms with Crippen LogP contribution in [0.3, 0.4) is 0 Å². The van der Waals surface area contributed by atoms with Gasteiger partial charge in [-0.3, -0.25) is 4.79 Å². The van der Waals surface area contributed by atoms with E-state index in [0.29, 0.717) is 23.7 Å². The third kappa shape index (κ3) is 5.39. The molecule has 0 aliphatic carbocycles. The van der Waals surface area contributed by atoms with Crippen LogP contribution in [0.15, 0.2) is 18.2 Å². The fourth-order valence-electron chi connectivity index (χ4n) is 1.76. The SMILES string of the molecule is CCCNC(=O)COc1c(Cl)cccc1CC(N)CC. The van der Waals surface area contributed by atoms with Crippen LogP contribution in [0.25, 0.3) is 0 Å². The summed E-state index contributed by atoms with van der Waals surface area (Å²) in [4.78, 5) is 11.6. The molecule has 5 heteroatoms. The molecule has 0 saturated carbocycles. The van der Waals surface area contributed by atoms with Crippen LogP contribution in [0.1, 0.15) is 32.3 Å². The number of amides is 1. The second-order valence-electron chi connectivity index (χ2n) is 4.74. The quantitative estimate of drug-likeness (QED) is 0.775. The maximum Gasteiger partial charge on any atom is 0.257 e. The summed E-state index contributed by atoms with van der Waals surface area (Å²) < 4.78 is 5.57. The number of ether oxygens (including phenoxy) is 1. The molecule has 1 rings (SSSR count).